The Hall–Kier alpha value is -6.26. The second-order valence-corrected chi connectivity index (χ2v) is 12.3. The van der Waals surface area contributed by atoms with E-state index in [4.69, 9.17) is 9.47 Å². The van der Waals surface area contributed by atoms with Gasteiger partial charge >= 0.3 is 6.03 Å². The van der Waals surface area contributed by atoms with Crippen LogP contribution in [0.1, 0.15) is 13.8 Å². The molecule has 2 aliphatic heterocycles. The Morgan fingerprint density at radius 2 is 0.714 bits per heavy atom. The topological polar surface area (TPSA) is 24.9 Å². The third kappa shape index (κ3) is 4.45. The lowest BCUT2D eigenvalue weighted by atomic mass is 10.0. The number of allylic oxidation sites excluding steroid dienone is 2. The molecule has 0 N–H and O–H groups in total. The van der Waals surface area contributed by atoms with Gasteiger partial charge in [-0.3, -0.25) is 0 Å². The lowest BCUT2D eigenvalue weighted by Crippen LogP contribution is -2.60. The largest absolute Gasteiger partial charge is 0.444 e. The first-order chi connectivity index (χ1) is 24.2. The second kappa shape index (κ2) is 11.5. The summed E-state index contributed by atoms with van der Waals surface area (Å²) in [6.07, 6.45) is 4.29. The Kier molecular flexibility index (Phi) is 6.77. The number of fused-ring (bicyclic) bond motifs is 6. The van der Waals surface area contributed by atoms with E-state index in [9.17, 15) is 0 Å². The van der Waals surface area contributed by atoms with Crippen LogP contribution in [0.25, 0.3) is 43.8 Å². The molecule has 4 nitrogen and oxygen atoms in total. The fourth-order valence-electron chi connectivity index (χ4n) is 7.41. The van der Waals surface area contributed by atoms with E-state index in [0.717, 1.165) is 66.9 Å². The van der Waals surface area contributed by atoms with Crippen LogP contribution in [0, 0.1) is 0 Å². The Bertz CT molecular complexity index is 2220. The van der Waals surface area contributed by atoms with Gasteiger partial charge in [0.25, 0.3) is 0 Å². The summed E-state index contributed by atoms with van der Waals surface area (Å²) in [5.74, 6) is 1.47. The van der Waals surface area contributed by atoms with E-state index >= 15 is 0 Å². The molecule has 236 valence electrons. The lowest BCUT2D eigenvalue weighted by molar-refractivity contribution is -0.0597. The fraction of sp³-hybridized carbons (Fsp3) is 0.0667. The minimum absolute atomic E-state index is 0.735. The summed E-state index contributed by atoms with van der Waals surface area (Å²) in [6.45, 7) is 4.15. The van der Waals surface area contributed by atoms with Gasteiger partial charge in [-0.1, -0.05) is 146 Å². The van der Waals surface area contributed by atoms with E-state index in [1.807, 2.05) is 12.1 Å². The minimum Gasteiger partial charge on any atom is -0.413 e. The van der Waals surface area contributed by atoms with Crippen molar-refractivity contribution in [3.63, 3.8) is 0 Å². The summed E-state index contributed by atoms with van der Waals surface area (Å²) < 4.78 is 14.7. The molecular weight excluding hydrogens is 601 g/mol. The molecule has 1 saturated heterocycles. The van der Waals surface area contributed by atoms with E-state index in [2.05, 4.69) is 181 Å². The summed E-state index contributed by atoms with van der Waals surface area (Å²) >= 11 is 0. The predicted octanol–water partition coefficient (Wildman–Crippen LogP) is 11.5. The third-order valence-corrected chi connectivity index (χ3v) is 9.63. The maximum absolute atomic E-state index is 7.35. The molecule has 0 saturated carbocycles. The molecule has 9 rings (SSSR count). The van der Waals surface area contributed by atoms with Crippen molar-refractivity contribution < 1.29 is 9.47 Å². The number of hydrogen-bond donors (Lipinski definition) is 0. The molecule has 0 bridgehead atoms. The summed E-state index contributed by atoms with van der Waals surface area (Å²) in [5.41, 5.74) is 8.52. The zero-order valence-electron chi connectivity index (χ0n) is 27.4. The first-order valence-corrected chi connectivity index (χ1v) is 16.8. The molecule has 4 heteroatoms. The molecule has 0 atom stereocenters. The normalized spacial score (nSPS) is 16.4. The van der Waals surface area contributed by atoms with Crippen LogP contribution in [0.15, 0.2) is 181 Å². The number of nitrogens with zero attached hydrogens (tertiary/aromatic N) is 2. The highest BCUT2D eigenvalue weighted by Gasteiger charge is 2.62. The van der Waals surface area contributed by atoms with Crippen LogP contribution < -0.4 is 19.3 Å². The highest BCUT2D eigenvalue weighted by molar-refractivity contribution is 6.14. The van der Waals surface area contributed by atoms with Gasteiger partial charge in [-0.15, -0.1) is 0 Å². The Labute approximate surface area is 286 Å². The van der Waals surface area contributed by atoms with E-state index in [1.54, 1.807) is 0 Å². The number of benzene rings is 7. The minimum atomic E-state index is -1.39. The number of ether oxygens (including phenoxy) is 2. The van der Waals surface area contributed by atoms with Gasteiger partial charge in [-0.25, -0.2) is 9.80 Å². The first-order valence-electron chi connectivity index (χ1n) is 16.8. The lowest BCUT2D eigenvalue weighted by Gasteiger charge is -2.38. The Morgan fingerprint density at radius 3 is 1.08 bits per heavy atom. The van der Waals surface area contributed by atoms with Crippen LogP contribution in [0.5, 0.6) is 11.5 Å². The van der Waals surface area contributed by atoms with Crippen molar-refractivity contribution in [1.29, 1.82) is 0 Å². The van der Waals surface area contributed by atoms with Crippen LogP contribution in [-0.4, -0.2) is 6.03 Å². The van der Waals surface area contributed by atoms with E-state index in [1.165, 1.54) is 11.1 Å². The fourth-order valence-corrected chi connectivity index (χ4v) is 7.41. The van der Waals surface area contributed by atoms with Crippen LogP contribution >= 0.6 is 0 Å². The quantitative estimate of drug-likeness (QED) is 0.180. The molecule has 1 fully saturated rings. The van der Waals surface area contributed by atoms with Gasteiger partial charge in [-0.2, -0.15) is 0 Å². The predicted molar refractivity (Wildman–Crippen MR) is 202 cm³/mol. The Morgan fingerprint density at radius 1 is 0.388 bits per heavy atom. The van der Waals surface area contributed by atoms with Crippen molar-refractivity contribution in [2.75, 3.05) is 9.80 Å². The molecule has 7 aromatic carbocycles. The zero-order chi connectivity index (χ0) is 33.0. The van der Waals surface area contributed by atoms with Crippen molar-refractivity contribution in [2.45, 2.75) is 19.9 Å². The van der Waals surface area contributed by atoms with Crippen LogP contribution in [0.2, 0.25) is 0 Å². The van der Waals surface area contributed by atoms with E-state index < -0.39 is 6.03 Å². The molecule has 0 amide bonds. The van der Waals surface area contributed by atoms with Gasteiger partial charge in [0.1, 0.15) is 0 Å². The van der Waals surface area contributed by atoms with Crippen molar-refractivity contribution in [1.82, 2.24) is 0 Å². The van der Waals surface area contributed by atoms with Gasteiger partial charge in [0.05, 0.1) is 22.8 Å². The smallest absolute Gasteiger partial charge is 0.413 e. The molecule has 0 aromatic heterocycles. The average Bonchev–Trinajstić information content (AvgIpc) is 3.71. The molecule has 2 heterocycles. The molecule has 0 unspecified atom stereocenters. The molecule has 1 spiro atoms. The van der Waals surface area contributed by atoms with Gasteiger partial charge in [0, 0.05) is 10.8 Å². The summed E-state index contributed by atoms with van der Waals surface area (Å²) in [7, 11) is 0. The van der Waals surface area contributed by atoms with Gasteiger partial charge in [0.15, 0.2) is 11.5 Å². The monoisotopic (exact) mass is 634 g/mol. The number of anilines is 2. The third-order valence-electron chi connectivity index (χ3n) is 9.63. The van der Waals surface area contributed by atoms with E-state index in [-0.39, 0.29) is 0 Å². The second-order valence-electron chi connectivity index (χ2n) is 12.3. The maximum atomic E-state index is 7.35. The van der Waals surface area contributed by atoms with Crippen LogP contribution in [0.4, 0.5) is 11.4 Å². The first kappa shape index (κ1) is 28.9. The highest BCUT2D eigenvalue weighted by atomic mass is 16.8. The molecule has 49 heavy (non-hydrogen) atoms. The summed E-state index contributed by atoms with van der Waals surface area (Å²) in [6, 6.07) is 53.7. The van der Waals surface area contributed by atoms with Gasteiger partial charge in [-0.05, 0) is 71.1 Å². The highest BCUT2D eigenvalue weighted by Crippen LogP contribution is 2.57. The van der Waals surface area contributed by atoms with Crippen molar-refractivity contribution >= 4 is 32.9 Å². The van der Waals surface area contributed by atoms with Crippen molar-refractivity contribution in [3.8, 4) is 33.8 Å². The zero-order valence-corrected chi connectivity index (χ0v) is 27.4. The molecule has 7 aromatic rings. The molecule has 0 radical (unpaired) electrons. The van der Waals surface area contributed by atoms with Crippen LogP contribution in [0.3, 0.4) is 0 Å². The summed E-state index contributed by atoms with van der Waals surface area (Å²) in [4.78, 5) is 4.40. The molecule has 0 aliphatic carbocycles. The standard InChI is InChI=1S/C45H34N2O2/c1-3-41-42(4-2)47(36-29-25-34(26-30-36)32-17-9-6-10-18-32)45(46(41)35-27-23-33(24-28-35)31-15-7-5-8-16-31)48-43-39-21-13-11-19-37(39)38-20-12-14-22-40(38)44(43)49-45/h3-30H,1-2H3/b41-3+,42-4?. The number of rotatable bonds is 4. The Balaban J connectivity index is 1.27. The van der Waals surface area contributed by atoms with E-state index in [0.29, 0.717) is 0 Å². The van der Waals surface area contributed by atoms with Crippen molar-refractivity contribution in [2.24, 2.45) is 0 Å². The SMILES string of the molecule is CC=C1/C(=C\C)N(c2ccc(-c3ccccc3)cc2)C2(Oc3c(c4ccccc4c4ccccc34)O2)N1c1ccc(-c2ccccc2)cc1. The van der Waals surface area contributed by atoms with Crippen molar-refractivity contribution in [3.05, 3.63) is 181 Å². The maximum Gasteiger partial charge on any atom is 0.444 e. The average molecular weight is 635 g/mol. The van der Waals surface area contributed by atoms with Crippen LogP contribution in [-0.2, 0) is 0 Å². The van der Waals surface area contributed by atoms with Gasteiger partial charge < -0.3 is 9.47 Å². The summed E-state index contributed by atoms with van der Waals surface area (Å²) in [5, 5.41) is 4.29. The molecular formula is C45H34N2O2. The van der Waals surface area contributed by atoms with Gasteiger partial charge in [0.2, 0.25) is 0 Å². The molecule has 2 aliphatic rings. The number of hydrogen-bond acceptors (Lipinski definition) is 4.